The standard InChI is InChI=1S/C14H22N2O2/c1-10(2)8-9-18-14(17)12-6-5-7-13(16-12)15-11(3)4/h5-7,10-11H,8-9H2,1-4H3,(H,15,16). The van der Waals surface area contributed by atoms with Gasteiger partial charge in [0, 0.05) is 6.04 Å². The van der Waals surface area contributed by atoms with Crippen LogP contribution in [0.2, 0.25) is 0 Å². The maximum atomic E-state index is 11.8. The molecule has 4 nitrogen and oxygen atoms in total. The van der Waals surface area contributed by atoms with Crippen molar-refractivity contribution in [2.75, 3.05) is 11.9 Å². The van der Waals surface area contributed by atoms with Crippen molar-refractivity contribution in [3.8, 4) is 0 Å². The van der Waals surface area contributed by atoms with Crippen LogP contribution in [0.25, 0.3) is 0 Å². The van der Waals surface area contributed by atoms with Gasteiger partial charge in [-0.1, -0.05) is 19.9 Å². The molecule has 0 fully saturated rings. The normalized spacial score (nSPS) is 10.8. The molecule has 0 atom stereocenters. The molecule has 0 bridgehead atoms. The van der Waals surface area contributed by atoms with Gasteiger partial charge in [0.1, 0.15) is 5.82 Å². The summed E-state index contributed by atoms with van der Waals surface area (Å²) in [6.45, 7) is 8.68. The van der Waals surface area contributed by atoms with Gasteiger partial charge in [0.15, 0.2) is 5.69 Å². The Labute approximate surface area is 109 Å². The fraction of sp³-hybridized carbons (Fsp3) is 0.571. The van der Waals surface area contributed by atoms with Gasteiger partial charge in [-0.15, -0.1) is 0 Å². The number of hydrogen-bond donors (Lipinski definition) is 1. The van der Waals surface area contributed by atoms with E-state index in [4.69, 9.17) is 4.74 Å². The first kappa shape index (κ1) is 14.5. The molecule has 1 aromatic rings. The minimum absolute atomic E-state index is 0.282. The van der Waals surface area contributed by atoms with Gasteiger partial charge in [-0.2, -0.15) is 0 Å². The second-order valence-electron chi connectivity index (χ2n) is 5.03. The summed E-state index contributed by atoms with van der Waals surface area (Å²) < 4.78 is 5.17. The number of pyridine rings is 1. The Morgan fingerprint density at radius 2 is 2.06 bits per heavy atom. The average molecular weight is 250 g/mol. The van der Waals surface area contributed by atoms with Crippen molar-refractivity contribution < 1.29 is 9.53 Å². The number of aromatic nitrogens is 1. The highest BCUT2D eigenvalue weighted by Gasteiger charge is 2.10. The molecule has 0 radical (unpaired) electrons. The second-order valence-corrected chi connectivity index (χ2v) is 5.03. The third-order valence-corrected chi connectivity index (χ3v) is 2.32. The number of nitrogens with zero attached hydrogens (tertiary/aromatic N) is 1. The zero-order chi connectivity index (χ0) is 13.5. The number of rotatable bonds is 6. The molecule has 0 amide bonds. The van der Waals surface area contributed by atoms with Crippen LogP contribution in [-0.2, 0) is 4.74 Å². The van der Waals surface area contributed by atoms with Gasteiger partial charge < -0.3 is 10.1 Å². The summed E-state index contributed by atoms with van der Waals surface area (Å²) in [5.41, 5.74) is 0.351. The molecule has 1 heterocycles. The van der Waals surface area contributed by atoms with E-state index in [-0.39, 0.29) is 12.0 Å². The summed E-state index contributed by atoms with van der Waals surface area (Å²) in [5.74, 6) is 0.867. The molecule has 1 rings (SSSR count). The van der Waals surface area contributed by atoms with Crippen LogP contribution in [-0.4, -0.2) is 23.6 Å². The van der Waals surface area contributed by atoms with Crippen LogP contribution < -0.4 is 5.32 Å². The molecule has 0 saturated carbocycles. The van der Waals surface area contributed by atoms with Crippen LogP contribution in [0.5, 0.6) is 0 Å². The number of carbonyl (C=O) groups excluding carboxylic acids is 1. The minimum Gasteiger partial charge on any atom is -0.461 e. The van der Waals surface area contributed by atoms with Gasteiger partial charge in [-0.05, 0) is 38.3 Å². The van der Waals surface area contributed by atoms with Crippen molar-refractivity contribution in [1.29, 1.82) is 0 Å². The van der Waals surface area contributed by atoms with E-state index in [1.165, 1.54) is 0 Å². The van der Waals surface area contributed by atoms with Gasteiger partial charge >= 0.3 is 5.97 Å². The lowest BCUT2D eigenvalue weighted by atomic mass is 10.1. The molecule has 18 heavy (non-hydrogen) atoms. The van der Waals surface area contributed by atoms with E-state index < -0.39 is 0 Å². The van der Waals surface area contributed by atoms with Crippen LogP contribution in [0.15, 0.2) is 18.2 Å². The zero-order valence-electron chi connectivity index (χ0n) is 11.6. The van der Waals surface area contributed by atoms with E-state index in [9.17, 15) is 4.79 Å². The lowest BCUT2D eigenvalue weighted by molar-refractivity contribution is 0.0481. The quantitative estimate of drug-likeness (QED) is 0.788. The molecule has 0 aliphatic heterocycles. The molecular formula is C14H22N2O2. The summed E-state index contributed by atoms with van der Waals surface area (Å²) in [6.07, 6.45) is 0.871. The number of nitrogens with one attached hydrogen (secondary N) is 1. The number of esters is 1. The number of anilines is 1. The van der Waals surface area contributed by atoms with Crippen molar-refractivity contribution in [2.45, 2.75) is 40.2 Å². The highest BCUT2D eigenvalue weighted by Crippen LogP contribution is 2.08. The average Bonchev–Trinajstić information content (AvgIpc) is 2.27. The predicted octanol–water partition coefficient (Wildman–Crippen LogP) is 3.10. The van der Waals surface area contributed by atoms with Crippen LogP contribution >= 0.6 is 0 Å². The van der Waals surface area contributed by atoms with Crippen molar-refractivity contribution in [3.63, 3.8) is 0 Å². The Kier molecular flexibility index (Phi) is 5.62. The van der Waals surface area contributed by atoms with Crippen LogP contribution in [0.4, 0.5) is 5.82 Å². The van der Waals surface area contributed by atoms with E-state index in [1.807, 2.05) is 19.9 Å². The fourth-order valence-corrected chi connectivity index (χ4v) is 1.39. The SMILES string of the molecule is CC(C)CCOC(=O)c1cccc(NC(C)C)n1. The first-order valence-electron chi connectivity index (χ1n) is 6.39. The number of carbonyl (C=O) groups is 1. The van der Waals surface area contributed by atoms with E-state index in [2.05, 4.69) is 24.1 Å². The molecule has 1 N–H and O–H groups in total. The molecule has 0 spiro atoms. The van der Waals surface area contributed by atoms with Crippen LogP contribution in [0.3, 0.4) is 0 Å². The third kappa shape index (κ3) is 5.17. The van der Waals surface area contributed by atoms with Crippen molar-refractivity contribution in [2.24, 2.45) is 5.92 Å². The number of hydrogen-bond acceptors (Lipinski definition) is 4. The van der Waals surface area contributed by atoms with E-state index >= 15 is 0 Å². The molecule has 1 aromatic heterocycles. The topological polar surface area (TPSA) is 51.2 Å². The Morgan fingerprint density at radius 3 is 2.67 bits per heavy atom. The minimum atomic E-state index is -0.358. The monoisotopic (exact) mass is 250 g/mol. The maximum Gasteiger partial charge on any atom is 0.357 e. The fourth-order valence-electron chi connectivity index (χ4n) is 1.39. The smallest absolute Gasteiger partial charge is 0.357 e. The van der Waals surface area contributed by atoms with E-state index in [0.717, 1.165) is 6.42 Å². The van der Waals surface area contributed by atoms with E-state index in [1.54, 1.807) is 12.1 Å². The van der Waals surface area contributed by atoms with Crippen molar-refractivity contribution in [1.82, 2.24) is 4.98 Å². The highest BCUT2D eigenvalue weighted by molar-refractivity contribution is 5.87. The summed E-state index contributed by atoms with van der Waals surface area (Å²) >= 11 is 0. The molecule has 0 saturated heterocycles. The molecule has 100 valence electrons. The molecule has 0 unspecified atom stereocenters. The molecular weight excluding hydrogens is 228 g/mol. The predicted molar refractivity (Wildman–Crippen MR) is 72.7 cm³/mol. The largest absolute Gasteiger partial charge is 0.461 e. The maximum absolute atomic E-state index is 11.8. The molecule has 0 aliphatic rings. The van der Waals surface area contributed by atoms with Gasteiger partial charge in [-0.3, -0.25) is 0 Å². The summed E-state index contributed by atoms with van der Waals surface area (Å²) in [5, 5.41) is 3.16. The third-order valence-electron chi connectivity index (χ3n) is 2.32. The molecule has 4 heteroatoms. The van der Waals surface area contributed by atoms with Crippen LogP contribution in [0, 0.1) is 5.92 Å². The Morgan fingerprint density at radius 1 is 1.33 bits per heavy atom. The lowest BCUT2D eigenvalue weighted by Gasteiger charge is -2.10. The summed E-state index contributed by atoms with van der Waals surface area (Å²) in [6, 6.07) is 5.59. The Bertz CT molecular complexity index is 389. The second kappa shape index (κ2) is 6.99. The summed E-state index contributed by atoms with van der Waals surface area (Å²) in [7, 11) is 0. The molecule has 0 aromatic carbocycles. The first-order valence-corrected chi connectivity index (χ1v) is 6.39. The van der Waals surface area contributed by atoms with Gasteiger partial charge in [0.25, 0.3) is 0 Å². The molecule has 0 aliphatic carbocycles. The Balaban J connectivity index is 2.57. The zero-order valence-corrected chi connectivity index (χ0v) is 11.6. The van der Waals surface area contributed by atoms with Gasteiger partial charge in [0.05, 0.1) is 6.61 Å². The lowest BCUT2D eigenvalue weighted by Crippen LogP contribution is -2.14. The van der Waals surface area contributed by atoms with Crippen molar-refractivity contribution >= 4 is 11.8 Å². The van der Waals surface area contributed by atoms with E-state index in [0.29, 0.717) is 24.0 Å². The van der Waals surface area contributed by atoms with Gasteiger partial charge in [0.2, 0.25) is 0 Å². The van der Waals surface area contributed by atoms with Crippen LogP contribution in [0.1, 0.15) is 44.6 Å². The summed E-state index contributed by atoms with van der Waals surface area (Å²) in [4.78, 5) is 16.0. The van der Waals surface area contributed by atoms with Gasteiger partial charge in [-0.25, -0.2) is 9.78 Å². The first-order chi connectivity index (χ1) is 8.49. The Hall–Kier alpha value is -1.58. The number of ether oxygens (including phenoxy) is 1. The van der Waals surface area contributed by atoms with Crippen molar-refractivity contribution in [3.05, 3.63) is 23.9 Å². The highest BCUT2D eigenvalue weighted by atomic mass is 16.5.